The van der Waals surface area contributed by atoms with Crippen molar-refractivity contribution >= 4 is 6.29 Å². The lowest BCUT2D eigenvalue weighted by Crippen LogP contribution is -1.93. The van der Waals surface area contributed by atoms with E-state index in [4.69, 9.17) is 0 Å². The predicted octanol–water partition coefficient (Wildman–Crippen LogP) is 3.63. The Kier molecular flexibility index (Phi) is 6.44. The van der Waals surface area contributed by atoms with Gasteiger partial charge in [0.2, 0.25) is 0 Å². The first-order valence-corrected chi connectivity index (χ1v) is 6.01. The lowest BCUT2D eigenvalue weighted by atomic mass is 10.1. The lowest BCUT2D eigenvalue weighted by Gasteiger charge is -2.05. The molecule has 2 nitrogen and oxygen atoms in total. The second-order valence-electron chi connectivity index (χ2n) is 3.86. The number of aliphatic hydroxyl groups is 1. The standard InChI is InChI=1S/C9H12O.C7H6O/c1-2-9(10)8-6-4-3-5-7-8;8-6-7-4-2-1-3-5-7/h3-7,9-10H,2H2,1H3;1-6H. The third-order valence-electron chi connectivity index (χ3n) is 2.51. The summed E-state index contributed by atoms with van der Waals surface area (Å²) in [5.74, 6) is 0. The molecule has 0 aliphatic heterocycles. The average Bonchev–Trinajstić information content (AvgIpc) is 2.49. The molecule has 0 aliphatic carbocycles. The van der Waals surface area contributed by atoms with Crippen LogP contribution >= 0.6 is 0 Å². The molecule has 0 heterocycles. The molecule has 1 unspecified atom stereocenters. The van der Waals surface area contributed by atoms with Crippen molar-refractivity contribution < 1.29 is 9.90 Å². The van der Waals surface area contributed by atoms with Crippen molar-refractivity contribution in [2.45, 2.75) is 19.4 Å². The van der Waals surface area contributed by atoms with Crippen LogP contribution in [0.15, 0.2) is 60.7 Å². The highest BCUT2D eigenvalue weighted by Crippen LogP contribution is 2.14. The number of rotatable bonds is 3. The molecule has 1 N–H and O–H groups in total. The molecule has 0 fully saturated rings. The van der Waals surface area contributed by atoms with Crippen molar-refractivity contribution in [3.05, 3.63) is 71.8 Å². The van der Waals surface area contributed by atoms with Gasteiger partial charge < -0.3 is 5.11 Å². The molecule has 0 spiro atoms. The highest BCUT2D eigenvalue weighted by molar-refractivity contribution is 5.74. The predicted molar refractivity (Wildman–Crippen MR) is 73.5 cm³/mol. The van der Waals surface area contributed by atoms with Gasteiger partial charge in [0.1, 0.15) is 6.29 Å². The molecule has 2 heteroatoms. The average molecular weight is 242 g/mol. The summed E-state index contributed by atoms with van der Waals surface area (Å²) in [6.45, 7) is 1.97. The molecular weight excluding hydrogens is 224 g/mol. The Morgan fingerprint density at radius 2 is 1.50 bits per heavy atom. The van der Waals surface area contributed by atoms with Gasteiger partial charge in [-0.2, -0.15) is 0 Å². The Morgan fingerprint density at radius 3 is 1.89 bits per heavy atom. The van der Waals surface area contributed by atoms with E-state index in [0.29, 0.717) is 0 Å². The van der Waals surface area contributed by atoms with Gasteiger partial charge in [0.25, 0.3) is 0 Å². The zero-order valence-electron chi connectivity index (χ0n) is 10.5. The quantitative estimate of drug-likeness (QED) is 0.834. The Morgan fingerprint density at radius 1 is 1.00 bits per heavy atom. The summed E-state index contributed by atoms with van der Waals surface area (Å²) in [6, 6.07) is 18.8. The maximum absolute atomic E-state index is 10.0. The van der Waals surface area contributed by atoms with E-state index >= 15 is 0 Å². The molecule has 0 bridgehead atoms. The van der Waals surface area contributed by atoms with Crippen molar-refractivity contribution in [2.24, 2.45) is 0 Å². The van der Waals surface area contributed by atoms with Gasteiger partial charge in [-0.1, -0.05) is 67.6 Å². The van der Waals surface area contributed by atoms with Gasteiger partial charge in [-0.25, -0.2) is 0 Å². The van der Waals surface area contributed by atoms with Gasteiger partial charge in [0, 0.05) is 5.56 Å². The molecule has 2 aromatic carbocycles. The molecule has 0 aliphatic rings. The highest BCUT2D eigenvalue weighted by atomic mass is 16.3. The Bertz CT molecular complexity index is 437. The third kappa shape index (κ3) is 4.93. The molecule has 0 radical (unpaired) electrons. The largest absolute Gasteiger partial charge is 0.388 e. The van der Waals surface area contributed by atoms with E-state index in [-0.39, 0.29) is 6.10 Å². The van der Waals surface area contributed by atoms with Crippen LogP contribution < -0.4 is 0 Å². The molecule has 1 atom stereocenters. The van der Waals surface area contributed by atoms with Crippen LogP contribution in [0.5, 0.6) is 0 Å². The first kappa shape index (κ1) is 14.1. The smallest absolute Gasteiger partial charge is 0.150 e. The minimum Gasteiger partial charge on any atom is -0.388 e. The van der Waals surface area contributed by atoms with E-state index in [0.717, 1.165) is 23.8 Å². The van der Waals surface area contributed by atoms with E-state index in [1.165, 1.54) is 0 Å². The summed E-state index contributed by atoms with van der Waals surface area (Å²) in [4.78, 5) is 10.0. The molecule has 2 rings (SSSR count). The molecule has 18 heavy (non-hydrogen) atoms. The number of hydrogen-bond donors (Lipinski definition) is 1. The maximum Gasteiger partial charge on any atom is 0.150 e. The highest BCUT2D eigenvalue weighted by Gasteiger charge is 2.00. The fourth-order valence-electron chi connectivity index (χ4n) is 1.44. The van der Waals surface area contributed by atoms with Gasteiger partial charge in [-0.05, 0) is 12.0 Å². The molecule has 0 aromatic heterocycles. The van der Waals surface area contributed by atoms with E-state index in [1.54, 1.807) is 12.1 Å². The molecule has 2 aromatic rings. The monoisotopic (exact) mass is 242 g/mol. The SMILES string of the molecule is CCC(O)c1ccccc1.O=Cc1ccccc1. The Hall–Kier alpha value is -1.93. The van der Waals surface area contributed by atoms with Crippen LogP contribution in [0.3, 0.4) is 0 Å². The van der Waals surface area contributed by atoms with Crippen molar-refractivity contribution in [3.8, 4) is 0 Å². The maximum atomic E-state index is 10.0. The fourth-order valence-corrected chi connectivity index (χ4v) is 1.44. The van der Waals surface area contributed by atoms with Crippen LogP contribution in [0, 0.1) is 0 Å². The molecular formula is C16H18O2. The van der Waals surface area contributed by atoms with E-state index in [9.17, 15) is 9.90 Å². The molecule has 0 saturated heterocycles. The second-order valence-corrected chi connectivity index (χ2v) is 3.86. The van der Waals surface area contributed by atoms with Gasteiger partial charge in [-0.3, -0.25) is 4.79 Å². The number of aldehydes is 1. The number of aliphatic hydroxyl groups excluding tert-OH is 1. The number of carbonyl (C=O) groups is 1. The zero-order valence-corrected chi connectivity index (χ0v) is 10.5. The van der Waals surface area contributed by atoms with Crippen LogP contribution in [0.25, 0.3) is 0 Å². The second kappa shape index (κ2) is 8.20. The summed E-state index contributed by atoms with van der Waals surface area (Å²) in [7, 11) is 0. The normalized spacial score (nSPS) is 11.0. The van der Waals surface area contributed by atoms with Crippen molar-refractivity contribution in [3.63, 3.8) is 0 Å². The van der Waals surface area contributed by atoms with E-state index in [1.807, 2.05) is 55.5 Å². The molecule has 0 amide bonds. The first-order chi connectivity index (χ1) is 8.77. The van der Waals surface area contributed by atoms with E-state index in [2.05, 4.69) is 0 Å². The summed E-state index contributed by atoms with van der Waals surface area (Å²) >= 11 is 0. The van der Waals surface area contributed by atoms with Crippen molar-refractivity contribution in [1.29, 1.82) is 0 Å². The fraction of sp³-hybridized carbons (Fsp3) is 0.188. The summed E-state index contributed by atoms with van der Waals surface area (Å²) in [6.07, 6.45) is 1.32. The molecule has 94 valence electrons. The summed E-state index contributed by atoms with van der Waals surface area (Å²) in [5.41, 5.74) is 1.73. The first-order valence-electron chi connectivity index (χ1n) is 6.01. The van der Waals surface area contributed by atoms with Gasteiger partial charge in [0.15, 0.2) is 0 Å². The zero-order chi connectivity index (χ0) is 13.2. The van der Waals surface area contributed by atoms with Gasteiger partial charge in [-0.15, -0.1) is 0 Å². The topological polar surface area (TPSA) is 37.3 Å². The van der Waals surface area contributed by atoms with Crippen LogP contribution in [0.2, 0.25) is 0 Å². The van der Waals surface area contributed by atoms with E-state index < -0.39 is 0 Å². The number of hydrogen-bond acceptors (Lipinski definition) is 2. The third-order valence-corrected chi connectivity index (χ3v) is 2.51. The van der Waals surface area contributed by atoms with Crippen LogP contribution in [-0.4, -0.2) is 11.4 Å². The minimum atomic E-state index is -0.291. The van der Waals surface area contributed by atoms with Crippen molar-refractivity contribution in [1.82, 2.24) is 0 Å². The molecule has 0 saturated carbocycles. The van der Waals surface area contributed by atoms with Crippen LogP contribution in [0.1, 0.15) is 35.4 Å². The van der Waals surface area contributed by atoms with Crippen LogP contribution in [-0.2, 0) is 0 Å². The lowest BCUT2D eigenvalue weighted by molar-refractivity contribution is 0.112. The Balaban J connectivity index is 0.000000184. The van der Waals surface area contributed by atoms with Gasteiger partial charge >= 0.3 is 0 Å². The number of carbonyl (C=O) groups excluding carboxylic acids is 1. The Labute approximate surface area is 108 Å². The van der Waals surface area contributed by atoms with Crippen LogP contribution in [0.4, 0.5) is 0 Å². The number of benzene rings is 2. The van der Waals surface area contributed by atoms with Crippen molar-refractivity contribution in [2.75, 3.05) is 0 Å². The van der Waals surface area contributed by atoms with Gasteiger partial charge in [0.05, 0.1) is 6.10 Å². The summed E-state index contributed by atoms with van der Waals surface area (Å²) < 4.78 is 0. The summed E-state index contributed by atoms with van der Waals surface area (Å²) in [5, 5.41) is 9.33. The minimum absolute atomic E-state index is 0.291.